The molecule has 0 fully saturated rings. The summed E-state index contributed by atoms with van der Waals surface area (Å²) in [5.41, 5.74) is -0.444. The molecule has 0 aromatic carbocycles. The van der Waals surface area contributed by atoms with Crippen LogP contribution in [0.15, 0.2) is 0 Å². The van der Waals surface area contributed by atoms with Crippen LogP contribution >= 0.6 is 0 Å². The van der Waals surface area contributed by atoms with Crippen LogP contribution in [0.2, 0.25) is 0 Å². The van der Waals surface area contributed by atoms with E-state index in [1.165, 1.54) is 7.11 Å². The largest absolute Gasteiger partial charge is 0.469 e. The van der Waals surface area contributed by atoms with Crippen molar-refractivity contribution in [1.29, 1.82) is 0 Å². The molecule has 2 atom stereocenters. The van der Waals surface area contributed by atoms with Crippen molar-refractivity contribution < 1.29 is 19.4 Å². The molecule has 0 aliphatic heterocycles. The number of hydrogen-bond donors (Lipinski definition) is 1. The molecule has 0 saturated heterocycles. The predicted molar refractivity (Wildman–Crippen MR) is 62.1 cm³/mol. The Balaban J connectivity index is 4.63. The lowest BCUT2D eigenvalue weighted by Gasteiger charge is -2.30. The molecule has 0 aromatic rings. The molecule has 0 rings (SSSR count). The van der Waals surface area contributed by atoms with Gasteiger partial charge in [-0.05, 0) is 19.8 Å². The van der Waals surface area contributed by atoms with Crippen molar-refractivity contribution in [2.75, 3.05) is 14.2 Å². The minimum absolute atomic E-state index is 0.0371. The van der Waals surface area contributed by atoms with Gasteiger partial charge in [0.25, 0.3) is 0 Å². The number of aliphatic hydroxyl groups is 1. The van der Waals surface area contributed by atoms with Crippen molar-refractivity contribution in [3.8, 4) is 0 Å². The number of ether oxygens (including phenoxy) is 2. The summed E-state index contributed by atoms with van der Waals surface area (Å²) in [6.07, 6.45) is -0.344. The second-order valence-electron chi connectivity index (χ2n) is 5.03. The molecule has 4 heteroatoms. The minimum Gasteiger partial charge on any atom is -0.469 e. The predicted octanol–water partition coefficient (Wildman–Crippen LogP) is 1.61. The van der Waals surface area contributed by atoms with Crippen LogP contribution < -0.4 is 0 Å². The van der Waals surface area contributed by atoms with Gasteiger partial charge in [0, 0.05) is 13.5 Å². The number of methoxy groups -OCH3 is 2. The zero-order chi connectivity index (χ0) is 12.9. The molecule has 0 heterocycles. The lowest BCUT2D eigenvalue weighted by Crippen LogP contribution is -2.39. The van der Waals surface area contributed by atoms with E-state index in [2.05, 4.69) is 0 Å². The SMILES string of the molecule is COC(=O)C(C(C)C)C(O)CC(C)(C)OC. The fourth-order valence-corrected chi connectivity index (χ4v) is 1.72. The standard InChI is InChI=1S/C12H24O4/c1-8(2)10(11(14)15-5)9(13)7-12(3,4)16-6/h8-10,13H,7H2,1-6H3. The Kier molecular flexibility index (Phi) is 5.97. The summed E-state index contributed by atoms with van der Waals surface area (Å²) >= 11 is 0. The second kappa shape index (κ2) is 6.21. The number of carbonyl (C=O) groups is 1. The minimum atomic E-state index is -0.748. The van der Waals surface area contributed by atoms with Crippen LogP contribution in [0.3, 0.4) is 0 Å². The maximum absolute atomic E-state index is 11.5. The topological polar surface area (TPSA) is 55.8 Å². The Morgan fingerprint density at radius 1 is 1.31 bits per heavy atom. The van der Waals surface area contributed by atoms with Crippen LogP contribution in [0.5, 0.6) is 0 Å². The summed E-state index contributed by atoms with van der Waals surface area (Å²) in [5.74, 6) is -0.830. The number of rotatable bonds is 6. The molecule has 96 valence electrons. The van der Waals surface area contributed by atoms with Gasteiger partial charge in [-0.1, -0.05) is 13.8 Å². The summed E-state index contributed by atoms with van der Waals surface area (Å²) in [7, 11) is 2.93. The van der Waals surface area contributed by atoms with E-state index in [1.807, 2.05) is 27.7 Å². The van der Waals surface area contributed by atoms with Crippen molar-refractivity contribution in [1.82, 2.24) is 0 Å². The van der Waals surface area contributed by atoms with Crippen molar-refractivity contribution >= 4 is 5.97 Å². The van der Waals surface area contributed by atoms with Crippen molar-refractivity contribution in [2.45, 2.75) is 45.8 Å². The lowest BCUT2D eigenvalue weighted by molar-refractivity contribution is -0.153. The summed E-state index contributed by atoms with van der Waals surface area (Å²) < 4.78 is 9.94. The van der Waals surface area contributed by atoms with E-state index in [9.17, 15) is 9.90 Å². The molecule has 4 nitrogen and oxygen atoms in total. The third kappa shape index (κ3) is 4.49. The molecule has 0 aliphatic carbocycles. The fraction of sp³-hybridized carbons (Fsp3) is 0.917. The van der Waals surface area contributed by atoms with E-state index in [-0.39, 0.29) is 11.9 Å². The van der Waals surface area contributed by atoms with Crippen LogP contribution in [0, 0.1) is 11.8 Å². The Labute approximate surface area is 97.9 Å². The fourth-order valence-electron chi connectivity index (χ4n) is 1.72. The van der Waals surface area contributed by atoms with Crippen molar-refractivity contribution in [2.24, 2.45) is 11.8 Å². The quantitative estimate of drug-likeness (QED) is 0.707. The van der Waals surface area contributed by atoms with E-state index in [4.69, 9.17) is 9.47 Å². The summed E-state index contributed by atoms with van der Waals surface area (Å²) in [6, 6.07) is 0. The van der Waals surface area contributed by atoms with Crippen molar-refractivity contribution in [3.05, 3.63) is 0 Å². The third-order valence-corrected chi connectivity index (χ3v) is 2.86. The van der Waals surface area contributed by atoms with Crippen molar-refractivity contribution in [3.63, 3.8) is 0 Å². The van der Waals surface area contributed by atoms with Crippen LogP contribution in [0.4, 0.5) is 0 Å². The molecular formula is C12H24O4. The highest BCUT2D eigenvalue weighted by Gasteiger charge is 2.34. The van der Waals surface area contributed by atoms with E-state index in [1.54, 1.807) is 7.11 Å². The molecule has 0 aliphatic rings. The number of aliphatic hydroxyl groups excluding tert-OH is 1. The van der Waals surface area contributed by atoms with Gasteiger partial charge in [-0.25, -0.2) is 0 Å². The monoisotopic (exact) mass is 232 g/mol. The molecule has 2 unspecified atom stereocenters. The Morgan fingerprint density at radius 3 is 2.12 bits per heavy atom. The van der Waals surface area contributed by atoms with Crippen LogP contribution in [0.1, 0.15) is 34.1 Å². The Bertz CT molecular complexity index is 223. The molecule has 0 saturated carbocycles. The second-order valence-corrected chi connectivity index (χ2v) is 5.03. The highest BCUT2D eigenvalue weighted by Crippen LogP contribution is 2.25. The van der Waals surface area contributed by atoms with E-state index in [0.29, 0.717) is 6.42 Å². The molecule has 16 heavy (non-hydrogen) atoms. The number of esters is 1. The molecule has 0 bridgehead atoms. The van der Waals surface area contributed by atoms with Gasteiger partial charge in [0.15, 0.2) is 0 Å². The molecule has 0 spiro atoms. The van der Waals surface area contributed by atoms with E-state index < -0.39 is 17.6 Å². The average molecular weight is 232 g/mol. The third-order valence-electron chi connectivity index (χ3n) is 2.86. The van der Waals surface area contributed by atoms with Crippen LogP contribution in [-0.4, -0.2) is 37.0 Å². The van der Waals surface area contributed by atoms with E-state index >= 15 is 0 Å². The molecule has 1 N–H and O–H groups in total. The van der Waals surface area contributed by atoms with Gasteiger partial charge >= 0.3 is 5.97 Å². The zero-order valence-electron chi connectivity index (χ0n) is 11.1. The normalized spacial score (nSPS) is 16.0. The summed E-state index contributed by atoms with van der Waals surface area (Å²) in [4.78, 5) is 11.5. The molecule has 0 aromatic heterocycles. The maximum Gasteiger partial charge on any atom is 0.311 e. The Hall–Kier alpha value is -0.610. The molecular weight excluding hydrogens is 208 g/mol. The maximum atomic E-state index is 11.5. The highest BCUT2D eigenvalue weighted by atomic mass is 16.5. The Morgan fingerprint density at radius 2 is 1.81 bits per heavy atom. The zero-order valence-corrected chi connectivity index (χ0v) is 11.1. The van der Waals surface area contributed by atoms with Gasteiger partial charge in [-0.2, -0.15) is 0 Å². The number of carbonyl (C=O) groups excluding carboxylic acids is 1. The van der Waals surface area contributed by atoms with Crippen LogP contribution in [0.25, 0.3) is 0 Å². The summed E-state index contributed by atoms with van der Waals surface area (Å²) in [6.45, 7) is 7.55. The van der Waals surface area contributed by atoms with Gasteiger partial charge in [0.05, 0.1) is 24.7 Å². The smallest absolute Gasteiger partial charge is 0.311 e. The summed E-state index contributed by atoms with van der Waals surface area (Å²) in [5, 5.41) is 10.1. The van der Waals surface area contributed by atoms with Gasteiger partial charge in [0.2, 0.25) is 0 Å². The van der Waals surface area contributed by atoms with Crippen LogP contribution in [-0.2, 0) is 14.3 Å². The van der Waals surface area contributed by atoms with E-state index in [0.717, 1.165) is 0 Å². The molecule has 0 amide bonds. The first-order chi connectivity index (χ1) is 7.25. The van der Waals surface area contributed by atoms with Gasteiger partial charge in [0.1, 0.15) is 0 Å². The average Bonchev–Trinajstić information content (AvgIpc) is 2.16. The molecule has 0 radical (unpaired) electrons. The first-order valence-electron chi connectivity index (χ1n) is 5.56. The van der Waals surface area contributed by atoms with Gasteiger partial charge < -0.3 is 14.6 Å². The lowest BCUT2D eigenvalue weighted by atomic mass is 9.85. The van der Waals surface area contributed by atoms with Gasteiger partial charge in [-0.3, -0.25) is 4.79 Å². The first-order valence-corrected chi connectivity index (χ1v) is 5.56. The van der Waals surface area contributed by atoms with Gasteiger partial charge in [-0.15, -0.1) is 0 Å². The first kappa shape index (κ1) is 15.4. The number of hydrogen-bond acceptors (Lipinski definition) is 4. The highest BCUT2D eigenvalue weighted by molar-refractivity contribution is 5.73.